The van der Waals surface area contributed by atoms with Crippen molar-refractivity contribution in [3.05, 3.63) is 48.0 Å². The first-order valence-corrected chi connectivity index (χ1v) is 7.42. The van der Waals surface area contributed by atoms with Crippen molar-refractivity contribution < 1.29 is 4.79 Å². The van der Waals surface area contributed by atoms with E-state index in [-0.39, 0.29) is 5.91 Å². The van der Waals surface area contributed by atoms with Gasteiger partial charge in [0.15, 0.2) is 0 Å². The molecule has 0 saturated carbocycles. The van der Waals surface area contributed by atoms with Crippen LogP contribution in [0.5, 0.6) is 0 Å². The zero-order chi connectivity index (χ0) is 15.8. The van der Waals surface area contributed by atoms with Crippen molar-refractivity contribution in [1.29, 1.82) is 0 Å². The first-order chi connectivity index (χ1) is 10.7. The molecule has 0 bridgehead atoms. The maximum absolute atomic E-state index is 12.2. The van der Waals surface area contributed by atoms with Crippen LogP contribution in [0.15, 0.2) is 36.8 Å². The number of pyridine rings is 1. The molecule has 0 atom stereocenters. The molecule has 0 radical (unpaired) electrons. The zero-order valence-electron chi connectivity index (χ0n) is 13.0. The van der Waals surface area contributed by atoms with Gasteiger partial charge in [-0.25, -0.2) is 9.97 Å². The lowest BCUT2D eigenvalue weighted by Crippen LogP contribution is -2.28. The third-order valence-corrected chi connectivity index (χ3v) is 3.25. The monoisotopic (exact) mass is 299 g/mol. The molecule has 22 heavy (non-hydrogen) atoms. The van der Waals surface area contributed by atoms with Gasteiger partial charge in [0.05, 0.1) is 17.8 Å². The highest BCUT2D eigenvalue weighted by atomic mass is 16.2. The fourth-order valence-electron chi connectivity index (χ4n) is 1.92. The molecule has 0 spiro atoms. The van der Waals surface area contributed by atoms with Gasteiger partial charge in [-0.2, -0.15) is 0 Å². The Morgan fingerprint density at radius 1 is 1.23 bits per heavy atom. The lowest BCUT2D eigenvalue weighted by atomic mass is 10.2. The molecule has 0 fully saturated rings. The summed E-state index contributed by atoms with van der Waals surface area (Å²) in [5.41, 5.74) is 1.41. The van der Waals surface area contributed by atoms with Crippen molar-refractivity contribution in [2.45, 2.75) is 26.3 Å². The van der Waals surface area contributed by atoms with Crippen LogP contribution in [0.2, 0.25) is 0 Å². The summed E-state index contributed by atoms with van der Waals surface area (Å²) in [5.74, 6) is 0.433. The summed E-state index contributed by atoms with van der Waals surface area (Å²) < 4.78 is 0. The highest BCUT2D eigenvalue weighted by molar-refractivity contribution is 5.93. The number of nitrogens with zero attached hydrogens (tertiary/aromatic N) is 4. The number of carbonyl (C=O) groups excluding carboxylic acids is 1. The standard InChI is InChI=1S/C16H21N5O/c1-3-4-9-21(2)15(22)13-10-18-16(19-11-13)20-12-14-7-5-6-8-17-14/h5-8,10-11H,3-4,9,12H2,1-2H3,(H,18,19,20). The Morgan fingerprint density at radius 3 is 2.64 bits per heavy atom. The molecule has 0 aliphatic rings. The molecule has 1 amide bonds. The molecule has 0 unspecified atom stereocenters. The minimum atomic E-state index is -0.0512. The van der Waals surface area contributed by atoms with Crippen LogP contribution in [0, 0.1) is 0 Å². The number of hydrogen-bond donors (Lipinski definition) is 1. The molecule has 2 heterocycles. The third-order valence-electron chi connectivity index (χ3n) is 3.25. The third kappa shape index (κ3) is 4.51. The van der Waals surface area contributed by atoms with Gasteiger partial charge in [0.25, 0.3) is 5.91 Å². The molecule has 2 aromatic rings. The van der Waals surface area contributed by atoms with E-state index in [2.05, 4.69) is 27.2 Å². The van der Waals surface area contributed by atoms with Crippen LogP contribution in [-0.4, -0.2) is 39.4 Å². The number of amides is 1. The van der Waals surface area contributed by atoms with E-state index in [1.54, 1.807) is 30.5 Å². The normalized spacial score (nSPS) is 10.3. The Morgan fingerprint density at radius 2 is 2.00 bits per heavy atom. The van der Waals surface area contributed by atoms with Crippen molar-refractivity contribution in [3.63, 3.8) is 0 Å². The molecule has 0 saturated heterocycles. The average molecular weight is 299 g/mol. The van der Waals surface area contributed by atoms with Gasteiger partial charge in [0.2, 0.25) is 5.95 Å². The second-order valence-electron chi connectivity index (χ2n) is 5.05. The van der Waals surface area contributed by atoms with Gasteiger partial charge in [-0.1, -0.05) is 19.4 Å². The van der Waals surface area contributed by atoms with Gasteiger partial charge in [-0.05, 0) is 18.6 Å². The van der Waals surface area contributed by atoms with Crippen LogP contribution < -0.4 is 5.32 Å². The predicted molar refractivity (Wildman–Crippen MR) is 85.5 cm³/mol. The summed E-state index contributed by atoms with van der Waals surface area (Å²) in [6, 6.07) is 5.72. The number of nitrogens with one attached hydrogen (secondary N) is 1. The first kappa shape index (κ1) is 15.9. The Balaban J connectivity index is 1.91. The van der Waals surface area contributed by atoms with Crippen molar-refractivity contribution >= 4 is 11.9 Å². The topological polar surface area (TPSA) is 71.0 Å². The number of hydrogen-bond acceptors (Lipinski definition) is 5. The van der Waals surface area contributed by atoms with Gasteiger partial charge >= 0.3 is 0 Å². The Hall–Kier alpha value is -2.50. The number of aromatic nitrogens is 3. The lowest BCUT2D eigenvalue weighted by Gasteiger charge is -2.16. The van der Waals surface area contributed by atoms with E-state index in [1.807, 2.05) is 18.2 Å². The maximum atomic E-state index is 12.2. The molecule has 0 aliphatic heterocycles. The van der Waals surface area contributed by atoms with Crippen LogP contribution in [-0.2, 0) is 6.54 Å². The van der Waals surface area contributed by atoms with Crippen LogP contribution in [0.3, 0.4) is 0 Å². The van der Waals surface area contributed by atoms with Crippen molar-refractivity contribution in [2.24, 2.45) is 0 Å². The van der Waals surface area contributed by atoms with E-state index < -0.39 is 0 Å². The molecule has 6 nitrogen and oxygen atoms in total. The van der Waals surface area contributed by atoms with Gasteiger partial charge < -0.3 is 10.2 Å². The largest absolute Gasteiger partial charge is 0.349 e. The summed E-state index contributed by atoms with van der Waals surface area (Å²) >= 11 is 0. The Bertz CT molecular complexity index is 585. The van der Waals surface area contributed by atoms with E-state index in [0.29, 0.717) is 18.1 Å². The average Bonchev–Trinajstić information content (AvgIpc) is 2.58. The van der Waals surface area contributed by atoms with E-state index in [1.165, 1.54) is 0 Å². The molecule has 2 aromatic heterocycles. The van der Waals surface area contributed by atoms with E-state index in [4.69, 9.17) is 0 Å². The summed E-state index contributed by atoms with van der Waals surface area (Å²) in [7, 11) is 1.80. The Kier molecular flexibility index (Phi) is 5.82. The number of carbonyl (C=O) groups is 1. The molecule has 6 heteroatoms. The lowest BCUT2D eigenvalue weighted by molar-refractivity contribution is 0.0792. The Labute approximate surface area is 130 Å². The van der Waals surface area contributed by atoms with Crippen LogP contribution >= 0.6 is 0 Å². The van der Waals surface area contributed by atoms with E-state index in [9.17, 15) is 4.79 Å². The first-order valence-electron chi connectivity index (χ1n) is 7.42. The molecule has 1 N–H and O–H groups in total. The number of anilines is 1. The minimum Gasteiger partial charge on any atom is -0.349 e. The molecule has 116 valence electrons. The van der Waals surface area contributed by atoms with Crippen LogP contribution in [0.1, 0.15) is 35.8 Å². The summed E-state index contributed by atoms with van der Waals surface area (Å²) in [6.45, 7) is 3.39. The van der Waals surface area contributed by atoms with Gasteiger partial charge in [-0.15, -0.1) is 0 Å². The zero-order valence-corrected chi connectivity index (χ0v) is 13.0. The summed E-state index contributed by atoms with van der Waals surface area (Å²) in [5, 5.41) is 3.08. The van der Waals surface area contributed by atoms with Crippen molar-refractivity contribution in [1.82, 2.24) is 19.9 Å². The quantitative estimate of drug-likeness (QED) is 0.849. The van der Waals surface area contributed by atoms with Crippen LogP contribution in [0.4, 0.5) is 5.95 Å². The fraction of sp³-hybridized carbons (Fsp3) is 0.375. The number of unbranched alkanes of at least 4 members (excludes halogenated alkanes) is 1. The molecule has 0 aromatic carbocycles. The predicted octanol–water partition coefficient (Wildman–Crippen LogP) is 2.36. The number of rotatable bonds is 7. The van der Waals surface area contributed by atoms with E-state index >= 15 is 0 Å². The van der Waals surface area contributed by atoms with Crippen molar-refractivity contribution in [3.8, 4) is 0 Å². The van der Waals surface area contributed by atoms with Gasteiger partial charge in [0.1, 0.15) is 0 Å². The fourth-order valence-corrected chi connectivity index (χ4v) is 1.92. The minimum absolute atomic E-state index is 0.0512. The second kappa shape index (κ2) is 8.07. The van der Waals surface area contributed by atoms with Crippen LogP contribution in [0.25, 0.3) is 0 Å². The van der Waals surface area contributed by atoms with Gasteiger partial charge in [0, 0.05) is 32.2 Å². The molecule has 2 rings (SSSR count). The summed E-state index contributed by atoms with van der Waals surface area (Å²) in [6.07, 6.45) is 6.90. The van der Waals surface area contributed by atoms with E-state index in [0.717, 1.165) is 25.1 Å². The molecule has 0 aliphatic carbocycles. The smallest absolute Gasteiger partial charge is 0.256 e. The highest BCUT2D eigenvalue weighted by Crippen LogP contribution is 2.06. The van der Waals surface area contributed by atoms with Gasteiger partial charge in [-0.3, -0.25) is 9.78 Å². The summed E-state index contributed by atoms with van der Waals surface area (Å²) in [4.78, 5) is 26.4. The second-order valence-corrected chi connectivity index (χ2v) is 5.05. The van der Waals surface area contributed by atoms with Crippen molar-refractivity contribution in [2.75, 3.05) is 18.9 Å². The highest BCUT2D eigenvalue weighted by Gasteiger charge is 2.12. The SMILES string of the molecule is CCCCN(C)C(=O)c1cnc(NCc2ccccn2)nc1. The maximum Gasteiger partial charge on any atom is 0.256 e. The molecular formula is C16H21N5O. The molecular weight excluding hydrogens is 278 g/mol.